The van der Waals surface area contributed by atoms with E-state index in [0.717, 1.165) is 21.8 Å². The number of carbonyl (C=O) groups is 2. The molecular formula is C19H23NO4S. The third-order valence-corrected chi connectivity index (χ3v) is 4.74. The molecule has 0 saturated carbocycles. The van der Waals surface area contributed by atoms with Crippen molar-refractivity contribution in [3.63, 3.8) is 0 Å². The molecule has 5 nitrogen and oxygen atoms in total. The number of hydrogen-bond donors (Lipinski definition) is 2. The number of methoxy groups -OCH3 is 1. The number of benzene rings is 1. The minimum atomic E-state index is -0.889. The van der Waals surface area contributed by atoms with Gasteiger partial charge in [-0.1, -0.05) is 26.0 Å². The van der Waals surface area contributed by atoms with E-state index >= 15 is 0 Å². The first-order valence-corrected chi connectivity index (χ1v) is 8.87. The van der Waals surface area contributed by atoms with Crippen molar-refractivity contribution in [2.75, 3.05) is 7.11 Å². The van der Waals surface area contributed by atoms with Crippen molar-refractivity contribution in [1.82, 2.24) is 5.32 Å². The summed E-state index contributed by atoms with van der Waals surface area (Å²) < 4.78 is 5.16. The number of nitrogens with one attached hydrogen (secondary N) is 1. The zero-order valence-electron chi connectivity index (χ0n) is 14.7. The van der Waals surface area contributed by atoms with Gasteiger partial charge in [-0.3, -0.25) is 9.59 Å². The highest BCUT2D eigenvalue weighted by atomic mass is 32.1. The molecule has 0 spiro atoms. The predicted octanol–water partition coefficient (Wildman–Crippen LogP) is 3.93. The van der Waals surface area contributed by atoms with Gasteiger partial charge in [0, 0.05) is 11.3 Å². The monoisotopic (exact) mass is 361 g/mol. The molecule has 0 aliphatic carbocycles. The molecule has 25 heavy (non-hydrogen) atoms. The van der Waals surface area contributed by atoms with Crippen LogP contribution in [0.1, 0.15) is 31.6 Å². The smallest absolute Gasteiger partial charge is 0.303 e. The molecule has 1 amide bonds. The van der Waals surface area contributed by atoms with Gasteiger partial charge in [0.05, 0.1) is 20.1 Å². The molecule has 0 unspecified atom stereocenters. The second-order valence-electron chi connectivity index (χ2n) is 6.72. The van der Waals surface area contributed by atoms with Crippen LogP contribution in [0.3, 0.4) is 0 Å². The van der Waals surface area contributed by atoms with Gasteiger partial charge in [0.1, 0.15) is 5.75 Å². The Labute approximate surface area is 151 Å². The Kier molecular flexibility index (Phi) is 6.20. The average Bonchev–Trinajstić information content (AvgIpc) is 3.00. The average molecular weight is 361 g/mol. The highest BCUT2D eigenvalue weighted by Crippen LogP contribution is 2.28. The highest BCUT2D eigenvalue weighted by molar-refractivity contribution is 7.10. The zero-order chi connectivity index (χ0) is 18.4. The molecule has 0 saturated heterocycles. The maximum Gasteiger partial charge on any atom is 0.303 e. The number of carboxylic acids is 1. The lowest BCUT2D eigenvalue weighted by Crippen LogP contribution is -2.29. The van der Waals surface area contributed by atoms with E-state index in [1.54, 1.807) is 32.3 Å². The Morgan fingerprint density at radius 1 is 1.16 bits per heavy atom. The lowest BCUT2D eigenvalue weighted by molar-refractivity contribution is -0.139. The van der Waals surface area contributed by atoms with Crippen molar-refractivity contribution in [1.29, 1.82) is 0 Å². The topological polar surface area (TPSA) is 75.6 Å². The molecule has 0 fully saturated rings. The number of rotatable bonds is 8. The first-order valence-electron chi connectivity index (χ1n) is 7.99. The maximum absolute atomic E-state index is 12.0. The van der Waals surface area contributed by atoms with E-state index < -0.39 is 11.4 Å². The minimum absolute atomic E-state index is 0.0267. The molecule has 2 aromatic rings. The van der Waals surface area contributed by atoms with Crippen molar-refractivity contribution in [3.05, 3.63) is 40.6 Å². The van der Waals surface area contributed by atoms with E-state index in [9.17, 15) is 9.59 Å². The van der Waals surface area contributed by atoms with Crippen LogP contribution in [0.2, 0.25) is 0 Å². The number of hydrogen-bond acceptors (Lipinski definition) is 4. The molecule has 0 aliphatic rings. The molecule has 0 bridgehead atoms. The van der Waals surface area contributed by atoms with Crippen molar-refractivity contribution < 1.29 is 19.4 Å². The van der Waals surface area contributed by atoms with Gasteiger partial charge in [0.25, 0.3) is 0 Å². The van der Waals surface area contributed by atoms with Crippen LogP contribution in [0.25, 0.3) is 11.1 Å². The summed E-state index contributed by atoms with van der Waals surface area (Å²) in [5.41, 5.74) is 1.64. The van der Waals surface area contributed by atoms with Crippen LogP contribution >= 0.6 is 11.3 Å². The van der Waals surface area contributed by atoms with Crippen molar-refractivity contribution in [2.45, 2.75) is 33.2 Å². The Hall–Kier alpha value is -2.34. The van der Waals surface area contributed by atoms with Gasteiger partial charge in [-0.05, 0) is 40.1 Å². The summed E-state index contributed by atoms with van der Waals surface area (Å²) in [7, 11) is 1.64. The van der Waals surface area contributed by atoms with E-state index in [1.807, 2.05) is 24.3 Å². The van der Waals surface area contributed by atoms with Crippen LogP contribution in [0, 0.1) is 5.41 Å². The molecule has 2 rings (SSSR count). The number of amides is 1. The molecule has 1 aromatic carbocycles. The number of ether oxygens (including phenoxy) is 1. The number of carboxylic acid groups (broad SMARTS) is 1. The van der Waals surface area contributed by atoms with E-state index in [4.69, 9.17) is 9.84 Å². The van der Waals surface area contributed by atoms with Crippen LogP contribution in [-0.4, -0.2) is 24.1 Å². The first kappa shape index (κ1) is 19.0. The molecular weight excluding hydrogens is 338 g/mol. The second kappa shape index (κ2) is 8.16. The summed E-state index contributed by atoms with van der Waals surface area (Å²) in [6, 6.07) is 9.88. The first-order chi connectivity index (χ1) is 11.8. The fourth-order valence-corrected chi connectivity index (χ4v) is 3.40. The van der Waals surface area contributed by atoms with Gasteiger partial charge in [0.2, 0.25) is 5.91 Å². The Morgan fingerprint density at radius 3 is 2.44 bits per heavy atom. The fraction of sp³-hybridized carbons (Fsp3) is 0.368. The molecule has 2 N–H and O–H groups in total. The fourth-order valence-electron chi connectivity index (χ4n) is 2.56. The molecule has 1 aromatic heterocycles. The second-order valence-corrected chi connectivity index (χ2v) is 7.71. The van der Waals surface area contributed by atoms with Crippen LogP contribution in [0.15, 0.2) is 35.7 Å². The Morgan fingerprint density at radius 2 is 1.84 bits per heavy atom. The third kappa shape index (κ3) is 5.90. The summed E-state index contributed by atoms with van der Waals surface area (Å²) in [4.78, 5) is 23.9. The van der Waals surface area contributed by atoms with Crippen LogP contribution < -0.4 is 10.1 Å². The van der Waals surface area contributed by atoms with Crippen molar-refractivity contribution in [3.8, 4) is 16.9 Å². The Bertz CT molecular complexity index is 734. The van der Waals surface area contributed by atoms with Gasteiger partial charge in [-0.2, -0.15) is 0 Å². The van der Waals surface area contributed by atoms with E-state index in [-0.39, 0.29) is 18.7 Å². The summed E-state index contributed by atoms with van der Waals surface area (Å²) in [6.45, 7) is 4.02. The Balaban J connectivity index is 1.90. The molecule has 0 atom stereocenters. The van der Waals surface area contributed by atoms with Crippen molar-refractivity contribution in [2.24, 2.45) is 5.41 Å². The summed E-state index contributed by atoms with van der Waals surface area (Å²) >= 11 is 1.58. The van der Waals surface area contributed by atoms with E-state index in [0.29, 0.717) is 6.54 Å². The van der Waals surface area contributed by atoms with Gasteiger partial charge in [0.15, 0.2) is 0 Å². The number of aliphatic carboxylic acids is 1. The van der Waals surface area contributed by atoms with Crippen molar-refractivity contribution >= 4 is 23.2 Å². The number of thiophene rings is 1. The minimum Gasteiger partial charge on any atom is -0.497 e. The van der Waals surface area contributed by atoms with Gasteiger partial charge < -0.3 is 15.2 Å². The molecule has 134 valence electrons. The third-order valence-electron chi connectivity index (χ3n) is 3.81. The highest BCUT2D eigenvalue weighted by Gasteiger charge is 2.25. The normalized spacial score (nSPS) is 11.2. The van der Waals surface area contributed by atoms with Crippen LogP contribution in [-0.2, 0) is 16.1 Å². The van der Waals surface area contributed by atoms with Gasteiger partial charge in [-0.25, -0.2) is 0 Å². The summed E-state index contributed by atoms with van der Waals surface area (Å²) in [6.07, 6.45) is 0.164. The largest absolute Gasteiger partial charge is 0.497 e. The van der Waals surface area contributed by atoms with Gasteiger partial charge >= 0.3 is 5.97 Å². The lowest BCUT2D eigenvalue weighted by atomic mass is 9.85. The molecule has 1 heterocycles. The molecule has 0 aliphatic heterocycles. The predicted molar refractivity (Wildman–Crippen MR) is 98.8 cm³/mol. The zero-order valence-corrected chi connectivity index (χ0v) is 15.5. The van der Waals surface area contributed by atoms with Crippen LogP contribution in [0.5, 0.6) is 5.75 Å². The molecule has 0 radical (unpaired) electrons. The maximum atomic E-state index is 12.0. The lowest BCUT2D eigenvalue weighted by Gasteiger charge is -2.21. The molecule has 6 heteroatoms. The van der Waals surface area contributed by atoms with E-state index in [1.165, 1.54) is 0 Å². The van der Waals surface area contributed by atoms with E-state index in [2.05, 4.69) is 16.8 Å². The standard InChI is InChI=1S/C19H23NO4S/c1-19(2,10-18(22)23)9-17(21)20-11-16-8-14(12-25-16)13-4-6-15(24-3)7-5-13/h4-8,12H,9-11H2,1-3H3,(H,20,21)(H,22,23). The summed E-state index contributed by atoms with van der Waals surface area (Å²) in [5.74, 6) is -0.207. The summed E-state index contributed by atoms with van der Waals surface area (Å²) in [5, 5.41) is 13.8. The number of carbonyl (C=O) groups excluding carboxylic acids is 1. The van der Waals surface area contributed by atoms with Gasteiger partial charge in [-0.15, -0.1) is 11.3 Å². The quantitative estimate of drug-likeness (QED) is 0.747. The van der Waals surface area contributed by atoms with Crippen LogP contribution in [0.4, 0.5) is 0 Å². The SMILES string of the molecule is COc1ccc(-c2csc(CNC(=O)CC(C)(C)CC(=O)O)c2)cc1.